The Morgan fingerprint density at radius 3 is 2.27 bits per heavy atom. The molecule has 0 spiro atoms. The average Bonchev–Trinajstić information content (AvgIpc) is 3.54. The van der Waals surface area contributed by atoms with E-state index in [1.54, 1.807) is 17.3 Å². The molecule has 320 valence electrons. The molecule has 2 aromatic heterocycles. The summed E-state index contributed by atoms with van der Waals surface area (Å²) in [6.07, 6.45) is 2.79. The van der Waals surface area contributed by atoms with Crippen molar-refractivity contribution in [3.8, 4) is 11.1 Å². The first-order valence-corrected chi connectivity index (χ1v) is 20.6. The van der Waals surface area contributed by atoms with Gasteiger partial charge in [-0.05, 0) is 77.5 Å². The van der Waals surface area contributed by atoms with Crippen LogP contribution in [0.15, 0.2) is 97.3 Å². The van der Waals surface area contributed by atoms with E-state index in [9.17, 15) is 24.3 Å². The molecule has 0 radical (unpaired) electrons. The summed E-state index contributed by atoms with van der Waals surface area (Å²) in [5, 5.41) is 24.2. The molecule has 0 bridgehead atoms. The first-order valence-electron chi connectivity index (χ1n) is 20.6. The Bertz CT molecular complexity index is 2040. The van der Waals surface area contributed by atoms with E-state index >= 15 is 0 Å². The third-order valence-electron chi connectivity index (χ3n) is 11.0. The van der Waals surface area contributed by atoms with Gasteiger partial charge in [-0.1, -0.05) is 101 Å². The van der Waals surface area contributed by atoms with Crippen LogP contribution in [0, 0.1) is 23.7 Å². The number of methoxy groups -OCH3 is 1. The number of pyridine rings is 2. The summed E-state index contributed by atoms with van der Waals surface area (Å²) >= 11 is 0. The van der Waals surface area contributed by atoms with Crippen LogP contribution in [0.1, 0.15) is 70.0 Å². The number of hydrogen-bond donors (Lipinski definition) is 5. The van der Waals surface area contributed by atoms with Gasteiger partial charge in [0.15, 0.2) is 0 Å². The predicted molar refractivity (Wildman–Crippen MR) is 231 cm³/mol. The van der Waals surface area contributed by atoms with Crippen LogP contribution in [0.5, 0.6) is 0 Å². The minimum atomic E-state index is -1.08. The molecule has 60 heavy (non-hydrogen) atoms. The molecule has 4 aromatic rings. The Morgan fingerprint density at radius 2 is 1.62 bits per heavy atom. The highest BCUT2D eigenvalue weighted by atomic mass is 16.5. The van der Waals surface area contributed by atoms with Crippen molar-refractivity contribution in [2.24, 2.45) is 16.7 Å². The molecule has 1 saturated heterocycles. The SMILES string of the molecule is COC(=O)NCC(C)(C)CC(=O)NC(Cc1ccc(-c2cccnc2)cc1)C(O)CC(Cc1ccccc1)NC(=O)C(C1CNC(=O)N1Cc1cccc(C)n1)C(C)(C)C. The lowest BCUT2D eigenvalue weighted by Gasteiger charge is -2.38. The molecule has 5 rings (SSSR count). The van der Waals surface area contributed by atoms with E-state index < -0.39 is 47.1 Å². The van der Waals surface area contributed by atoms with Crippen molar-refractivity contribution in [3.63, 3.8) is 0 Å². The number of benzene rings is 2. The first-order chi connectivity index (χ1) is 28.5. The Balaban J connectivity index is 1.40. The molecule has 13 nitrogen and oxygen atoms in total. The maximum absolute atomic E-state index is 14.7. The summed E-state index contributed by atoms with van der Waals surface area (Å²) in [5.74, 6) is -1.14. The van der Waals surface area contributed by atoms with Gasteiger partial charge in [0.05, 0.1) is 43.5 Å². The predicted octanol–water partition coefficient (Wildman–Crippen LogP) is 5.99. The summed E-state index contributed by atoms with van der Waals surface area (Å²) in [5.41, 5.74) is 4.23. The number of aryl methyl sites for hydroxylation is 1. The fraction of sp³-hybridized carbons (Fsp3) is 0.447. The molecule has 0 aliphatic carbocycles. The van der Waals surface area contributed by atoms with Gasteiger partial charge in [-0.2, -0.15) is 0 Å². The van der Waals surface area contributed by atoms with Crippen LogP contribution in [0.3, 0.4) is 0 Å². The second-order valence-electron chi connectivity index (χ2n) is 17.7. The van der Waals surface area contributed by atoms with Gasteiger partial charge in [-0.25, -0.2) is 9.59 Å². The molecular weight excluding hydrogens is 759 g/mol. The third kappa shape index (κ3) is 13.1. The number of nitrogens with zero attached hydrogens (tertiary/aromatic N) is 3. The molecule has 0 saturated carbocycles. The fourth-order valence-electron chi connectivity index (χ4n) is 7.93. The highest BCUT2D eigenvalue weighted by molar-refractivity contribution is 5.84. The van der Waals surface area contributed by atoms with Gasteiger partial charge < -0.3 is 36.0 Å². The number of amides is 5. The molecule has 5 unspecified atom stereocenters. The molecule has 5 amide bonds. The summed E-state index contributed by atoms with van der Waals surface area (Å²) < 4.78 is 4.72. The van der Waals surface area contributed by atoms with Crippen molar-refractivity contribution in [3.05, 3.63) is 120 Å². The van der Waals surface area contributed by atoms with Crippen molar-refractivity contribution >= 4 is 23.9 Å². The fourth-order valence-corrected chi connectivity index (χ4v) is 7.93. The topological polar surface area (TPSA) is 175 Å². The van der Waals surface area contributed by atoms with Crippen molar-refractivity contribution in [1.82, 2.24) is 36.1 Å². The van der Waals surface area contributed by atoms with Crippen LogP contribution >= 0.6 is 0 Å². The van der Waals surface area contributed by atoms with Crippen LogP contribution in [-0.4, -0.2) is 88.3 Å². The molecule has 5 N–H and O–H groups in total. The van der Waals surface area contributed by atoms with Gasteiger partial charge in [-0.15, -0.1) is 0 Å². The molecule has 5 atom stereocenters. The Hall–Kier alpha value is -5.82. The monoisotopic (exact) mass is 819 g/mol. The number of hydrogen-bond acceptors (Lipinski definition) is 8. The third-order valence-corrected chi connectivity index (χ3v) is 11.0. The number of aliphatic hydroxyl groups is 1. The normalized spacial score (nSPS) is 16.2. The molecule has 1 aliphatic heterocycles. The molecule has 3 heterocycles. The van der Waals surface area contributed by atoms with E-state index in [-0.39, 0.29) is 43.8 Å². The standard InChI is InChI=1S/C47H61N7O6/c1-31-13-11-17-36(51-31)29-54-39(28-49-44(54)58)42(46(2,3)4)43(57)52-37(23-32-14-9-8-10-15-32)25-40(55)38(53-41(56)26-47(5,6)30-50-45(59)60-7)24-33-18-20-34(21-19-33)35-16-12-22-48-27-35/h8-22,27,37-40,42,55H,23-26,28-30H2,1-7H3,(H,49,58)(H,50,59)(H,52,57)(H,53,56). The summed E-state index contributed by atoms with van der Waals surface area (Å²) in [6.45, 7) is 12.4. The summed E-state index contributed by atoms with van der Waals surface area (Å²) in [7, 11) is 1.28. The number of urea groups is 1. The molecule has 1 fully saturated rings. The first kappa shape index (κ1) is 45.3. The van der Waals surface area contributed by atoms with Crippen LogP contribution in [0.4, 0.5) is 9.59 Å². The van der Waals surface area contributed by atoms with Crippen LogP contribution < -0.4 is 21.3 Å². The largest absolute Gasteiger partial charge is 0.453 e. The Kier molecular flexibility index (Phi) is 15.4. The Labute approximate surface area is 354 Å². The van der Waals surface area contributed by atoms with Gasteiger partial charge in [0.25, 0.3) is 0 Å². The lowest BCUT2D eigenvalue weighted by molar-refractivity contribution is -0.132. The minimum Gasteiger partial charge on any atom is -0.453 e. The van der Waals surface area contributed by atoms with E-state index in [2.05, 4.69) is 31.2 Å². The second-order valence-corrected chi connectivity index (χ2v) is 17.7. The zero-order valence-corrected chi connectivity index (χ0v) is 35.9. The van der Waals surface area contributed by atoms with Crippen LogP contribution in [-0.2, 0) is 33.7 Å². The smallest absolute Gasteiger partial charge is 0.406 e. The number of aromatic nitrogens is 2. The molecular formula is C47H61N7O6. The molecule has 2 aromatic carbocycles. The second kappa shape index (κ2) is 20.4. The van der Waals surface area contributed by atoms with Gasteiger partial charge in [0.2, 0.25) is 11.8 Å². The van der Waals surface area contributed by atoms with Crippen molar-refractivity contribution < 1.29 is 29.0 Å². The zero-order valence-electron chi connectivity index (χ0n) is 35.9. The lowest BCUT2D eigenvalue weighted by atomic mass is 9.75. The number of nitrogens with one attached hydrogen (secondary N) is 4. The molecule has 1 aliphatic rings. The van der Waals surface area contributed by atoms with Gasteiger partial charge in [0, 0.05) is 43.6 Å². The number of rotatable bonds is 18. The summed E-state index contributed by atoms with van der Waals surface area (Å²) in [6, 6.07) is 25.3. The Morgan fingerprint density at radius 1 is 0.900 bits per heavy atom. The highest BCUT2D eigenvalue weighted by Crippen LogP contribution is 2.34. The van der Waals surface area contributed by atoms with E-state index in [4.69, 9.17) is 4.74 Å². The average molecular weight is 820 g/mol. The minimum absolute atomic E-state index is 0.0698. The maximum Gasteiger partial charge on any atom is 0.406 e. The van der Waals surface area contributed by atoms with Gasteiger partial charge in [-0.3, -0.25) is 19.6 Å². The van der Waals surface area contributed by atoms with E-state index in [0.717, 1.165) is 33.6 Å². The number of ether oxygens (including phenoxy) is 1. The van der Waals surface area contributed by atoms with E-state index in [0.29, 0.717) is 19.4 Å². The molecule has 13 heteroatoms. The number of carbonyl (C=O) groups excluding carboxylic acids is 4. The van der Waals surface area contributed by atoms with Crippen LogP contribution in [0.25, 0.3) is 11.1 Å². The van der Waals surface area contributed by atoms with Crippen molar-refractivity contribution in [1.29, 1.82) is 0 Å². The highest BCUT2D eigenvalue weighted by Gasteiger charge is 2.46. The lowest BCUT2D eigenvalue weighted by Crippen LogP contribution is -2.54. The number of alkyl carbamates (subject to hydrolysis) is 1. The zero-order chi connectivity index (χ0) is 43.5. The van der Waals surface area contributed by atoms with E-state index in [1.165, 1.54) is 7.11 Å². The summed E-state index contributed by atoms with van der Waals surface area (Å²) in [4.78, 5) is 64.1. The number of carbonyl (C=O) groups is 4. The maximum atomic E-state index is 14.7. The quantitative estimate of drug-likeness (QED) is 0.0815. The van der Waals surface area contributed by atoms with Crippen LogP contribution in [0.2, 0.25) is 0 Å². The van der Waals surface area contributed by atoms with E-state index in [1.807, 2.05) is 126 Å². The van der Waals surface area contributed by atoms with Gasteiger partial charge >= 0.3 is 12.1 Å². The van der Waals surface area contributed by atoms with Crippen molar-refractivity contribution in [2.75, 3.05) is 20.2 Å². The van der Waals surface area contributed by atoms with Crippen molar-refractivity contribution in [2.45, 2.75) is 98.0 Å². The number of aliphatic hydroxyl groups excluding tert-OH is 1. The van der Waals surface area contributed by atoms with Gasteiger partial charge in [0.1, 0.15) is 0 Å².